The number of esters is 1. The largest absolute Gasteiger partial charge is 0.469 e. The fraction of sp³-hybridized carbons (Fsp3) is 0.520. The Morgan fingerprint density at radius 1 is 1.25 bits per heavy atom. The smallest absolute Gasteiger partial charge is 0.305 e. The van der Waals surface area contributed by atoms with E-state index in [9.17, 15) is 4.79 Å². The Labute approximate surface area is 190 Å². The van der Waals surface area contributed by atoms with Crippen molar-refractivity contribution in [2.75, 3.05) is 12.8 Å². The van der Waals surface area contributed by atoms with Crippen LogP contribution in [0, 0.1) is 5.92 Å². The van der Waals surface area contributed by atoms with Gasteiger partial charge in [-0.2, -0.15) is 4.98 Å². The zero-order valence-electron chi connectivity index (χ0n) is 19.9. The quantitative estimate of drug-likeness (QED) is 0.582. The first-order valence-electron chi connectivity index (χ1n) is 11.2. The van der Waals surface area contributed by atoms with Crippen LogP contribution in [0.1, 0.15) is 71.4 Å². The summed E-state index contributed by atoms with van der Waals surface area (Å²) in [5.41, 5.74) is 8.89. The van der Waals surface area contributed by atoms with E-state index in [0.29, 0.717) is 23.8 Å². The summed E-state index contributed by atoms with van der Waals surface area (Å²) < 4.78 is 10.9. The van der Waals surface area contributed by atoms with E-state index in [1.165, 1.54) is 19.0 Å². The number of rotatable bonds is 8. The number of hydrogen-bond acceptors (Lipinski definition) is 7. The molecule has 0 saturated carbocycles. The Balaban J connectivity index is 1.83. The summed E-state index contributed by atoms with van der Waals surface area (Å²) in [6.45, 7) is 10.5. The summed E-state index contributed by atoms with van der Waals surface area (Å²) in [6, 6.07) is 8.53. The Morgan fingerprint density at radius 3 is 2.56 bits per heavy atom. The second-order valence-electron chi connectivity index (χ2n) is 9.40. The van der Waals surface area contributed by atoms with Gasteiger partial charge in [-0.25, -0.2) is 9.98 Å². The monoisotopic (exact) mass is 438 g/mol. The number of fused-ring (bicyclic) bond motifs is 1. The van der Waals surface area contributed by atoms with Gasteiger partial charge in [0.05, 0.1) is 12.8 Å². The molecule has 172 valence electrons. The van der Waals surface area contributed by atoms with E-state index in [1.807, 2.05) is 13.8 Å². The van der Waals surface area contributed by atoms with Crippen LogP contribution in [-0.4, -0.2) is 34.4 Å². The lowest BCUT2D eigenvalue weighted by Gasteiger charge is -2.33. The highest BCUT2D eigenvalue weighted by Crippen LogP contribution is 2.39. The molecule has 7 nitrogen and oxygen atoms in total. The second kappa shape index (κ2) is 9.27. The number of methoxy groups -OCH3 is 1. The molecular weight excluding hydrogens is 404 g/mol. The number of ether oxygens (including phenoxy) is 2. The highest BCUT2D eigenvalue weighted by molar-refractivity contribution is 6.09. The van der Waals surface area contributed by atoms with Crippen LogP contribution >= 0.6 is 0 Å². The standard InChI is InChI=1S/C25H34N4O3/c1-7-25(5,13-12-16(2)14-19(30)31-6)18-10-8-17(9-11-18)21-24(3,4)32-23-20(29-21)22(26)27-15-28-23/h8-11,15-16H,7,12-14H2,1-6H3,(H2,26,27,28). The maximum atomic E-state index is 11.6. The molecule has 2 unspecified atom stereocenters. The molecule has 0 fully saturated rings. The topological polar surface area (TPSA) is 99.7 Å². The van der Waals surface area contributed by atoms with E-state index in [2.05, 4.69) is 55.0 Å². The molecule has 0 amide bonds. The van der Waals surface area contributed by atoms with E-state index < -0.39 is 5.60 Å². The van der Waals surface area contributed by atoms with Crippen LogP contribution < -0.4 is 10.5 Å². The lowest BCUT2D eigenvalue weighted by Crippen LogP contribution is -2.41. The number of nitrogen functional groups attached to an aromatic ring is 1. The first kappa shape index (κ1) is 23.7. The molecular formula is C25H34N4O3. The predicted octanol–water partition coefficient (Wildman–Crippen LogP) is 5.00. The Morgan fingerprint density at radius 2 is 1.94 bits per heavy atom. The number of aliphatic imine (C=N–C) groups is 1. The zero-order valence-corrected chi connectivity index (χ0v) is 19.9. The SMILES string of the molecule is CCC(C)(CCC(C)CC(=O)OC)c1ccc(C2=Nc3c(N)ncnc3OC2(C)C)cc1. The average Bonchev–Trinajstić information content (AvgIpc) is 2.76. The molecule has 2 N–H and O–H groups in total. The Hall–Kier alpha value is -2.96. The van der Waals surface area contributed by atoms with E-state index >= 15 is 0 Å². The molecule has 2 heterocycles. The molecule has 1 aliphatic heterocycles. The summed E-state index contributed by atoms with van der Waals surface area (Å²) in [7, 11) is 1.44. The molecule has 0 saturated heterocycles. The van der Waals surface area contributed by atoms with Gasteiger partial charge in [-0.15, -0.1) is 0 Å². The molecule has 3 rings (SSSR count). The number of anilines is 1. The fourth-order valence-corrected chi connectivity index (χ4v) is 4.09. The van der Waals surface area contributed by atoms with Crippen molar-refractivity contribution in [1.82, 2.24) is 9.97 Å². The van der Waals surface area contributed by atoms with Crippen LogP contribution in [-0.2, 0) is 14.9 Å². The average molecular weight is 439 g/mol. The number of carbonyl (C=O) groups is 1. The van der Waals surface area contributed by atoms with E-state index in [4.69, 9.17) is 20.2 Å². The molecule has 0 aliphatic carbocycles. The van der Waals surface area contributed by atoms with Gasteiger partial charge in [0, 0.05) is 12.0 Å². The number of benzene rings is 1. The number of carbonyl (C=O) groups excluding carboxylic acids is 1. The third-order valence-electron chi connectivity index (χ3n) is 6.53. The number of nitrogens with two attached hydrogens (primary N) is 1. The van der Waals surface area contributed by atoms with Crippen LogP contribution in [0.3, 0.4) is 0 Å². The number of hydrogen-bond donors (Lipinski definition) is 1. The van der Waals surface area contributed by atoms with Gasteiger partial charge in [0.15, 0.2) is 11.5 Å². The van der Waals surface area contributed by atoms with Crippen molar-refractivity contribution in [3.8, 4) is 5.88 Å². The van der Waals surface area contributed by atoms with Crippen molar-refractivity contribution in [3.05, 3.63) is 41.7 Å². The van der Waals surface area contributed by atoms with Crippen LogP contribution in [0.4, 0.5) is 11.5 Å². The van der Waals surface area contributed by atoms with Gasteiger partial charge in [-0.1, -0.05) is 45.0 Å². The molecule has 1 aromatic heterocycles. The minimum Gasteiger partial charge on any atom is -0.469 e. The molecule has 0 bridgehead atoms. The van der Waals surface area contributed by atoms with Gasteiger partial charge < -0.3 is 15.2 Å². The van der Waals surface area contributed by atoms with E-state index in [-0.39, 0.29) is 17.3 Å². The first-order valence-corrected chi connectivity index (χ1v) is 11.2. The summed E-state index contributed by atoms with van der Waals surface area (Å²) in [5.74, 6) is 0.849. The van der Waals surface area contributed by atoms with Crippen LogP contribution in [0.2, 0.25) is 0 Å². The lowest BCUT2D eigenvalue weighted by molar-refractivity contribution is -0.141. The van der Waals surface area contributed by atoms with Crippen molar-refractivity contribution >= 4 is 23.2 Å². The van der Waals surface area contributed by atoms with Crippen LogP contribution in [0.25, 0.3) is 0 Å². The number of aromatic nitrogens is 2. The molecule has 32 heavy (non-hydrogen) atoms. The minimum absolute atomic E-state index is 0.0220. The van der Waals surface area contributed by atoms with Gasteiger partial charge in [0.25, 0.3) is 0 Å². The van der Waals surface area contributed by atoms with Gasteiger partial charge >= 0.3 is 5.97 Å². The van der Waals surface area contributed by atoms with E-state index in [1.54, 1.807) is 0 Å². The molecule has 2 aromatic rings. The number of nitrogens with zero attached hydrogens (tertiary/aromatic N) is 3. The molecule has 1 aromatic carbocycles. The van der Waals surface area contributed by atoms with Crippen molar-refractivity contribution in [2.24, 2.45) is 10.9 Å². The van der Waals surface area contributed by atoms with Crippen molar-refractivity contribution < 1.29 is 14.3 Å². The van der Waals surface area contributed by atoms with Gasteiger partial charge in [0.2, 0.25) is 5.88 Å². The predicted molar refractivity (Wildman–Crippen MR) is 126 cm³/mol. The second-order valence-corrected chi connectivity index (χ2v) is 9.40. The maximum absolute atomic E-state index is 11.6. The van der Waals surface area contributed by atoms with Crippen LogP contribution in [0.15, 0.2) is 35.6 Å². The third-order valence-corrected chi connectivity index (χ3v) is 6.53. The summed E-state index contributed by atoms with van der Waals surface area (Å²) in [6.07, 6.45) is 4.81. The maximum Gasteiger partial charge on any atom is 0.305 e. The fourth-order valence-electron chi connectivity index (χ4n) is 4.09. The summed E-state index contributed by atoms with van der Waals surface area (Å²) >= 11 is 0. The van der Waals surface area contributed by atoms with Gasteiger partial charge in [-0.05, 0) is 50.0 Å². The van der Waals surface area contributed by atoms with Crippen molar-refractivity contribution in [3.63, 3.8) is 0 Å². The first-order chi connectivity index (χ1) is 15.1. The van der Waals surface area contributed by atoms with Crippen molar-refractivity contribution in [2.45, 2.75) is 71.3 Å². The van der Waals surface area contributed by atoms with Gasteiger partial charge in [0.1, 0.15) is 11.9 Å². The Kier molecular flexibility index (Phi) is 6.86. The normalized spacial score (nSPS) is 17.4. The highest BCUT2D eigenvalue weighted by Gasteiger charge is 2.35. The van der Waals surface area contributed by atoms with E-state index in [0.717, 1.165) is 30.5 Å². The minimum atomic E-state index is -0.646. The molecule has 2 atom stereocenters. The summed E-state index contributed by atoms with van der Waals surface area (Å²) in [5, 5.41) is 0. The molecule has 0 spiro atoms. The molecule has 0 radical (unpaired) electrons. The third kappa shape index (κ3) is 4.92. The lowest BCUT2D eigenvalue weighted by atomic mass is 9.74. The highest BCUT2D eigenvalue weighted by atomic mass is 16.5. The van der Waals surface area contributed by atoms with Crippen molar-refractivity contribution in [1.29, 1.82) is 0 Å². The molecule has 1 aliphatic rings. The Bertz CT molecular complexity index is 1000. The van der Waals surface area contributed by atoms with Gasteiger partial charge in [-0.3, -0.25) is 4.79 Å². The summed E-state index contributed by atoms with van der Waals surface area (Å²) in [4.78, 5) is 24.5. The van der Waals surface area contributed by atoms with Crippen LogP contribution in [0.5, 0.6) is 5.88 Å². The molecule has 7 heteroatoms. The zero-order chi connectivity index (χ0) is 23.5.